The summed E-state index contributed by atoms with van der Waals surface area (Å²) in [6.07, 6.45) is -12.3. The number of aryl methyl sites for hydroxylation is 1. The van der Waals surface area contributed by atoms with Gasteiger partial charge in [-0.15, -0.1) is 0 Å². The van der Waals surface area contributed by atoms with Crippen molar-refractivity contribution in [1.29, 1.82) is 0 Å². The molecule has 10 atom stereocenters. The minimum Gasteiger partial charge on any atom is -0.394 e. The second-order valence-electron chi connectivity index (χ2n) is 9.19. The first-order valence-corrected chi connectivity index (χ1v) is 11.5. The molecule has 0 amide bonds. The van der Waals surface area contributed by atoms with Gasteiger partial charge in [-0.3, -0.25) is 0 Å². The summed E-state index contributed by atoms with van der Waals surface area (Å²) in [6.45, 7) is 0.821. The molecule has 0 aromatic heterocycles. The third kappa shape index (κ3) is 4.87. The molecule has 8 N–H and O–H groups in total. The lowest BCUT2D eigenvalue weighted by Crippen LogP contribution is -2.55. The van der Waals surface area contributed by atoms with Crippen LogP contribution in [0.25, 0.3) is 11.1 Å². The monoisotopic (exact) mass is 492 g/mol. The molecule has 1 unspecified atom stereocenters. The molecule has 35 heavy (non-hydrogen) atoms. The lowest BCUT2D eigenvalue weighted by molar-refractivity contribution is -0.231. The molecule has 0 bridgehead atoms. The van der Waals surface area contributed by atoms with E-state index in [4.69, 9.17) is 9.47 Å². The van der Waals surface area contributed by atoms with Gasteiger partial charge in [-0.2, -0.15) is 0 Å². The Morgan fingerprint density at radius 3 is 1.60 bits per heavy atom. The number of aliphatic hydroxyl groups excluding tert-OH is 8. The van der Waals surface area contributed by atoms with Gasteiger partial charge in [0.1, 0.15) is 61.0 Å². The van der Waals surface area contributed by atoms with Crippen LogP contribution in [0.2, 0.25) is 0 Å². The van der Waals surface area contributed by atoms with Crippen molar-refractivity contribution in [3.05, 3.63) is 59.2 Å². The highest BCUT2D eigenvalue weighted by Crippen LogP contribution is 2.36. The number of benzene rings is 2. The molecule has 2 fully saturated rings. The van der Waals surface area contributed by atoms with Gasteiger partial charge < -0.3 is 50.3 Å². The first-order chi connectivity index (χ1) is 16.7. The summed E-state index contributed by atoms with van der Waals surface area (Å²) in [4.78, 5) is 0. The Kier molecular flexibility index (Phi) is 7.89. The van der Waals surface area contributed by atoms with Crippen LogP contribution in [-0.2, 0) is 9.47 Å². The molecule has 10 heteroatoms. The SMILES string of the molecule is Cc1cc(-c2ccc([C@H]3O[C@H](CO)[C@@H](O)C(O)[C@@H]3O)cc2)ccc1[C@H]1O[C@H](CO)[C@@H](O)[C@H](O)[C@@H]1O. The van der Waals surface area contributed by atoms with E-state index in [1.807, 2.05) is 19.1 Å². The molecule has 10 nitrogen and oxygen atoms in total. The summed E-state index contributed by atoms with van der Waals surface area (Å²) in [7, 11) is 0. The van der Waals surface area contributed by atoms with E-state index in [0.717, 1.165) is 16.7 Å². The van der Waals surface area contributed by atoms with Crippen LogP contribution in [0.3, 0.4) is 0 Å². The Hall–Kier alpha value is -1.96. The maximum atomic E-state index is 10.4. The smallest absolute Gasteiger partial charge is 0.113 e. The molecule has 0 spiro atoms. The summed E-state index contributed by atoms with van der Waals surface area (Å²) in [5, 5.41) is 79.8. The Morgan fingerprint density at radius 1 is 0.600 bits per heavy atom. The van der Waals surface area contributed by atoms with Crippen molar-refractivity contribution in [3.8, 4) is 11.1 Å². The first-order valence-electron chi connectivity index (χ1n) is 11.5. The largest absolute Gasteiger partial charge is 0.394 e. The molecule has 2 aliphatic rings. The maximum absolute atomic E-state index is 10.4. The van der Waals surface area contributed by atoms with E-state index in [1.54, 1.807) is 30.3 Å². The first kappa shape index (κ1) is 26.1. The zero-order valence-electron chi connectivity index (χ0n) is 19.1. The van der Waals surface area contributed by atoms with Crippen LogP contribution in [0, 0.1) is 6.92 Å². The quantitative estimate of drug-likeness (QED) is 0.250. The summed E-state index contributed by atoms with van der Waals surface area (Å²) >= 11 is 0. The average Bonchev–Trinajstić information content (AvgIpc) is 2.87. The molecule has 192 valence electrons. The van der Waals surface area contributed by atoms with E-state index < -0.39 is 74.3 Å². The van der Waals surface area contributed by atoms with Crippen molar-refractivity contribution < 1.29 is 50.3 Å². The van der Waals surface area contributed by atoms with Gasteiger partial charge in [0.15, 0.2) is 0 Å². The fraction of sp³-hybridized carbons (Fsp3) is 0.520. The topological polar surface area (TPSA) is 180 Å². The molecule has 2 aromatic carbocycles. The Balaban J connectivity index is 1.54. The molecule has 2 saturated heterocycles. The summed E-state index contributed by atoms with van der Waals surface area (Å²) in [5.41, 5.74) is 3.63. The zero-order valence-corrected chi connectivity index (χ0v) is 19.1. The van der Waals surface area contributed by atoms with Crippen LogP contribution in [0.1, 0.15) is 28.9 Å². The van der Waals surface area contributed by atoms with Gasteiger partial charge in [-0.1, -0.05) is 42.5 Å². The average molecular weight is 493 g/mol. The van der Waals surface area contributed by atoms with Crippen molar-refractivity contribution >= 4 is 0 Å². The van der Waals surface area contributed by atoms with Crippen molar-refractivity contribution in [2.24, 2.45) is 0 Å². The van der Waals surface area contributed by atoms with Crippen LogP contribution < -0.4 is 0 Å². The number of hydrogen-bond donors (Lipinski definition) is 8. The molecule has 2 heterocycles. The van der Waals surface area contributed by atoms with E-state index in [0.29, 0.717) is 11.1 Å². The number of hydrogen-bond acceptors (Lipinski definition) is 10. The summed E-state index contributed by atoms with van der Waals surface area (Å²) < 4.78 is 11.3. The summed E-state index contributed by atoms with van der Waals surface area (Å²) in [5.74, 6) is 0. The molecule has 0 aliphatic carbocycles. The highest BCUT2D eigenvalue weighted by atomic mass is 16.6. The molecular formula is C25H32O10. The predicted octanol–water partition coefficient (Wildman–Crippen LogP) is -1.31. The molecule has 0 saturated carbocycles. The van der Waals surface area contributed by atoms with Crippen molar-refractivity contribution in [3.63, 3.8) is 0 Å². The Morgan fingerprint density at radius 2 is 1.09 bits per heavy atom. The minimum atomic E-state index is -1.46. The van der Waals surface area contributed by atoms with Crippen LogP contribution >= 0.6 is 0 Å². The number of aliphatic hydroxyl groups is 8. The van der Waals surface area contributed by atoms with E-state index in [2.05, 4.69) is 0 Å². The highest BCUT2D eigenvalue weighted by molar-refractivity contribution is 5.65. The Bertz CT molecular complexity index is 994. The second kappa shape index (κ2) is 10.6. The third-order valence-electron chi connectivity index (χ3n) is 6.93. The predicted molar refractivity (Wildman–Crippen MR) is 122 cm³/mol. The third-order valence-corrected chi connectivity index (χ3v) is 6.93. The van der Waals surface area contributed by atoms with Gasteiger partial charge >= 0.3 is 0 Å². The molecular weight excluding hydrogens is 460 g/mol. The molecule has 2 aromatic rings. The van der Waals surface area contributed by atoms with E-state index in [-0.39, 0.29) is 0 Å². The van der Waals surface area contributed by atoms with Gasteiger partial charge in [0.05, 0.1) is 13.2 Å². The van der Waals surface area contributed by atoms with E-state index in [1.165, 1.54) is 0 Å². The molecule has 4 rings (SSSR count). The van der Waals surface area contributed by atoms with E-state index >= 15 is 0 Å². The van der Waals surface area contributed by atoms with Gasteiger partial charge in [-0.05, 0) is 34.7 Å². The Labute approximate surface area is 202 Å². The number of rotatable bonds is 5. The molecule has 0 radical (unpaired) electrons. The van der Waals surface area contributed by atoms with Crippen LogP contribution in [0.4, 0.5) is 0 Å². The normalized spacial score (nSPS) is 37.9. The standard InChI is InChI=1S/C25H32O10/c1-11-8-14(6-7-15(11)25-23(33)21(31)19(29)17(10-27)35-25)12-2-4-13(5-3-12)24-22(32)20(30)18(28)16(9-26)34-24/h2-8,16-33H,9-10H2,1H3/t16-,17-,18-,19-,20?,21+,22+,23+,24-,25-/m1/s1. The van der Waals surface area contributed by atoms with Crippen molar-refractivity contribution in [2.75, 3.05) is 13.2 Å². The summed E-state index contributed by atoms with van der Waals surface area (Å²) in [6, 6.07) is 12.5. The number of ether oxygens (including phenoxy) is 2. The molecule has 2 aliphatic heterocycles. The maximum Gasteiger partial charge on any atom is 0.113 e. The van der Waals surface area contributed by atoms with Gasteiger partial charge in [0.2, 0.25) is 0 Å². The van der Waals surface area contributed by atoms with Crippen LogP contribution in [-0.4, -0.2) is 103 Å². The fourth-order valence-corrected chi connectivity index (χ4v) is 4.78. The van der Waals surface area contributed by atoms with Gasteiger partial charge in [0.25, 0.3) is 0 Å². The van der Waals surface area contributed by atoms with E-state index in [9.17, 15) is 40.9 Å². The fourth-order valence-electron chi connectivity index (χ4n) is 4.78. The second-order valence-corrected chi connectivity index (χ2v) is 9.19. The van der Waals surface area contributed by atoms with Crippen molar-refractivity contribution in [1.82, 2.24) is 0 Å². The highest BCUT2D eigenvalue weighted by Gasteiger charge is 2.45. The van der Waals surface area contributed by atoms with Crippen molar-refractivity contribution in [2.45, 2.75) is 68.0 Å². The van der Waals surface area contributed by atoms with Gasteiger partial charge in [0, 0.05) is 0 Å². The van der Waals surface area contributed by atoms with Gasteiger partial charge in [-0.25, -0.2) is 0 Å². The van der Waals surface area contributed by atoms with Crippen LogP contribution in [0.5, 0.6) is 0 Å². The zero-order chi connectivity index (χ0) is 25.4. The lowest BCUT2D eigenvalue weighted by atomic mass is 9.88. The minimum absolute atomic E-state index is 0.500. The lowest BCUT2D eigenvalue weighted by Gasteiger charge is -2.40. The van der Waals surface area contributed by atoms with Crippen LogP contribution in [0.15, 0.2) is 42.5 Å².